The van der Waals surface area contributed by atoms with Crippen LogP contribution < -0.4 is 9.64 Å². The summed E-state index contributed by atoms with van der Waals surface area (Å²) in [5, 5.41) is 12.9. The van der Waals surface area contributed by atoms with E-state index in [1.54, 1.807) is 24.8 Å². The Labute approximate surface area is 144 Å². The van der Waals surface area contributed by atoms with Gasteiger partial charge in [-0.05, 0) is 25.0 Å². The molecule has 8 heteroatoms. The van der Waals surface area contributed by atoms with Gasteiger partial charge in [-0.15, -0.1) is 10.2 Å². The molecule has 8 nitrogen and oxygen atoms in total. The van der Waals surface area contributed by atoms with Crippen molar-refractivity contribution in [3.8, 4) is 6.01 Å². The number of ether oxygens (including phenoxy) is 1. The highest BCUT2D eigenvalue weighted by atomic mass is 16.5. The molecule has 1 aliphatic heterocycles. The second kappa shape index (κ2) is 5.94. The Morgan fingerprint density at radius 1 is 1.04 bits per heavy atom. The first kappa shape index (κ1) is 14.6. The molecule has 3 aromatic heterocycles. The number of anilines is 1. The summed E-state index contributed by atoms with van der Waals surface area (Å²) >= 11 is 0. The van der Waals surface area contributed by atoms with Gasteiger partial charge in [0.05, 0.1) is 11.4 Å². The molecule has 2 fully saturated rings. The molecule has 4 heterocycles. The average molecular weight is 337 g/mol. The molecular weight excluding hydrogens is 318 g/mol. The van der Waals surface area contributed by atoms with Crippen molar-refractivity contribution in [3.05, 3.63) is 36.5 Å². The summed E-state index contributed by atoms with van der Waals surface area (Å²) in [5.74, 6) is 0.599. The standard InChI is InChI=1S/C17H19N7O/c1-6-18-17(19-7-1)25-13-4-8-23(9-5-13)15-10-14(12-2-3-12)22-24-11-20-21-16(15)24/h1,6-7,10-13H,2-5,8-9H2. The average Bonchev–Trinajstić information content (AvgIpc) is 3.40. The number of hydrogen-bond acceptors (Lipinski definition) is 7. The molecule has 1 saturated heterocycles. The zero-order valence-electron chi connectivity index (χ0n) is 13.8. The molecule has 0 spiro atoms. The summed E-state index contributed by atoms with van der Waals surface area (Å²) in [7, 11) is 0. The van der Waals surface area contributed by atoms with E-state index in [4.69, 9.17) is 4.74 Å². The Morgan fingerprint density at radius 3 is 2.60 bits per heavy atom. The summed E-state index contributed by atoms with van der Waals surface area (Å²) in [4.78, 5) is 10.7. The lowest BCUT2D eigenvalue weighted by atomic mass is 10.1. The predicted octanol–water partition coefficient (Wildman–Crippen LogP) is 1.84. The highest BCUT2D eigenvalue weighted by Crippen LogP contribution is 2.40. The SMILES string of the molecule is c1cnc(OC2CCN(c3cc(C4CC4)nn4cnnc34)CC2)nc1. The van der Waals surface area contributed by atoms with Crippen LogP contribution in [0.25, 0.3) is 5.65 Å². The predicted molar refractivity (Wildman–Crippen MR) is 90.7 cm³/mol. The van der Waals surface area contributed by atoms with E-state index in [9.17, 15) is 0 Å². The molecule has 3 aromatic rings. The van der Waals surface area contributed by atoms with E-state index >= 15 is 0 Å². The number of rotatable bonds is 4. The Morgan fingerprint density at radius 2 is 1.84 bits per heavy atom. The van der Waals surface area contributed by atoms with Crippen LogP contribution in [-0.4, -0.2) is 49.0 Å². The quantitative estimate of drug-likeness (QED) is 0.718. The topological polar surface area (TPSA) is 81.3 Å². The van der Waals surface area contributed by atoms with E-state index in [-0.39, 0.29) is 6.10 Å². The molecule has 1 aliphatic carbocycles. The Balaban J connectivity index is 1.33. The minimum atomic E-state index is 0.150. The third-order valence-electron chi connectivity index (χ3n) is 4.86. The van der Waals surface area contributed by atoms with Gasteiger partial charge in [0, 0.05) is 44.2 Å². The Hall–Kier alpha value is -2.77. The Kier molecular flexibility index (Phi) is 3.46. The highest BCUT2D eigenvalue weighted by molar-refractivity contribution is 5.68. The molecular formula is C17H19N7O. The number of aromatic nitrogens is 6. The van der Waals surface area contributed by atoms with Gasteiger partial charge in [-0.1, -0.05) is 0 Å². The molecule has 2 aliphatic rings. The van der Waals surface area contributed by atoms with Crippen molar-refractivity contribution in [2.24, 2.45) is 0 Å². The molecule has 128 valence electrons. The second-order valence-electron chi connectivity index (χ2n) is 6.66. The number of nitrogens with zero attached hydrogens (tertiary/aromatic N) is 7. The van der Waals surface area contributed by atoms with Gasteiger partial charge in [0.25, 0.3) is 0 Å². The van der Waals surface area contributed by atoms with Crippen molar-refractivity contribution in [3.63, 3.8) is 0 Å². The largest absolute Gasteiger partial charge is 0.460 e. The molecule has 0 amide bonds. The monoisotopic (exact) mass is 337 g/mol. The third kappa shape index (κ3) is 2.88. The van der Waals surface area contributed by atoms with Crippen molar-refractivity contribution in [2.45, 2.75) is 37.7 Å². The first-order chi connectivity index (χ1) is 12.4. The fourth-order valence-electron chi connectivity index (χ4n) is 3.35. The van der Waals surface area contributed by atoms with E-state index in [0.29, 0.717) is 11.9 Å². The summed E-state index contributed by atoms with van der Waals surface area (Å²) in [6.45, 7) is 1.82. The lowest BCUT2D eigenvalue weighted by Crippen LogP contribution is -2.38. The molecule has 0 atom stereocenters. The molecule has 0 N–H and O–H groups in total. The highest BCUT2D eigenvalue weighted by Gasteiger charge is 2.29. The number of fused-ring (bicyclic) bond motifs is 1. The van der Waals surface area contributed by atoms with Crippen LogP contribution >= 0.6 is 0 Å². The molecule has 25 heavy (non-hydrogen) atoms. The van der Waals surface area contributed by atoms with Gasteiger partial charge in [-0.25, -0.2) is 9.97 Å². The van der Waals surface area contributed by atoms with Crippen LogP contribution in [0.3, 0.4) is 0 Å². The molecule has 5 rings (SSSR count). The van der Waals surface area contributed by atoms with Crippen molar-refractivity contribution in [1.82, 2.24) is 29.8 Å². The van der Waals surface area contributed by atoms with Crippen LogP contribution in [0.1, 0.15) is 37.3 Å². The van der Waals surface area contributed by atoms with Gasteiger partial charge in [0.2, 0.25) is 5.65 Å². The maximum absolute atomic E-state index is 5.89. The van der Waals surface area contributed by atoms with Gasteiger partial charge >= 0.3 is 6.01 Å². The minimum absolute atomic E-state index is 0.150. The third-order valence-corrected chi connectivity index (χ3v) is 4.86. The van der Waals surface area contributed by atoms with E-state index in [1.807, 2.05) is 4.52 Å². The van der Waals surface area contributed by atoms with Crippen LogP contribution in [0, 0.1) is 0 Å². The number of piperidine rings is 1. The first-order valence-corrected chi connectivity index (χ1v) is 8.76. The summed E-state index contributed by atoms with van der Waals surface area (Å²) in [6.07, 6.45) is 9.57. The van der Waals surface area contributed by atoms with Gasteiger partial charge in [0.1, 0.15) is 12.4 Å². The van der Waals surface area contributed by atoms with Gasteiger partial charge in [-0.3, -0.25) is 0 Å². The lowest BCUT2D eigenvalue weighted by Gasteiger charge is -2.33. The zero-order valence-corrected chi connectivity index (χ0v) is 13.8. The van der Waals surface area contributed by atoms with E-state index in [0.717, 1.165) is 43.0 Å². The number of hydrogen-bond donors (Lipinski definition) is 0. The van der Waals surface area contributed by atoms with E-state index in [2.05, 4.69) is 36.2 Å². The fraction of sp³-hybridized carbons (Fsp3) is 0.471. The molecule has 0 radical (unpaired) electrons. The molecule has 0 aromatic carbocycles. The maximum atomic E-state index is 5.89. The van der Waals surface area contributed by atoms with E-state index in [1.165, 1.54) is 12.8 Å². The zero-order chi connectivity index (χ0) is 16.6. The molecule has 0 bridgehead atoms. The van der Waals surface area contributed by atoms with Crippen LogP contribution in [0.5, 0.6) is 6.01 Å². The fourth-order valence-corrected chi connectivity index (χ4v) is 3.35. The van der Waals surface area contributed by atoms with E-state index < -0.39 is 0 Å². The van der Waals surface area contributed by atoms with Crippen molar-refractivity contribution in [1.29, 1.82) is 0 Å². The normalized spacial score (nSPS) is 18.6. The van der Waals surface area contributed by atoms with Crippen LogP contribution in [-0.2, 0) is 0 Å². The van der Waals surface area contributed by atoms with Crippen molar-refractivity contribution >= 4 is 11.3 Å². The summed E-state index contributed by atoms with van der Waals surface area (Å²) in [5.41, 5.74) is 3.11. The van der Waals surface area contributed by atoms with Crippen molar-refractivity contribution in [2.75, 3.05) is 18.0 Å². The summed E-state index contributed by atoms with van der Waals surface area (Å²) in [6, 6.07) is 4.45. The van der Waals surface area contributed by atoms with Gasteiger partial charge < -0.3 is 9.64 Å². The van der Waals surface area contributed by atoms with Gasteiger partial charge in [0.15, 0.2) is 0 Å². The first-order valence-electron chi connectivity index (χ1n) is 8.76. The Bertz CT molecular complexity index is 869. The smallest absolute Gasteiger partial charge is 0.316 e. The molecule has 0 unspecified atom stereocenters. The van der Waals surface area contributed by atoms with Crippen LogP contribution in [0.2, 0.25) is 0 Å². The van der Waals surface area contributed by atoms with Crippen molar-refractivity contribution < 1.29 is 4.74 Å². The van der Waals surface area contributed by atoms with Crippen LogP contribution in [0.15, 0.2) is 30.9 Å². The van der Waals surface area contributed by atoms with Gasteiger partial charge in [-0.2, -0.15) is 9.61 Å². The lowest BCUT2D eigenvalue weighted by molar-refractivity contribution is 0.156. The maximum Gasteiger partial charge on any atom is 0.316 e. The minimum Gasteiger partial charge on any atom is -0.460 e. The second-order valence-corrected chi connectivity index (χ2v) is 6.66. The van der Waals surface area contributed by atoms with Crippen LogP contribution in [0.4, 0.5) is 5.69 Å². The molecule has 1 saturated carbocycles. The summed E-state index contributed by atoms with van der Waals surface area (Å²) < 4.78 is 7.70.